The molecule has 1 heterocycles. The Hall–Kier alpha value is -3.79. The predicted octanol–water partition coefficient (Wildman–Crippen LogP) is 3.59. The highest BCUT2D eigenvalue weighted by molar-refractivity contribution is 5.80. The zero-order valence-electron chi connectivity index (χ0n) is 20.0. The van der Waals surface area contributed by atoms with Gasteiger partial charge in [-0.1, -0.05) is 18.2 Å². The molecule has 180 valence electrons. The lowest BCUT2D eigenvalue weighted by molar-refractivity contribution is -0.384. The minimum Gasteiger partial charge on any atom is -0.444 e. The van der Waals surface area contributed by atoms with Crippen molar-refractivity contribution < 1.29 is 14.5 Å². The summed E-state index contributed by atoms with van der Waals surface area (Å²) in [4.78, 5) is 44.4. The second-order valence-electron chi connectivity index (χ2n) is 9.10. The van der Waals surface area contributed by atoms with Crippen molar-refractivity contribution >= 4 is 22.7 Å². The lowest BCUT2D eigenvalue weighted by atomic mass is 10.2. The van der Waals surface area contributed by atoms with E-state index in [1.54, 1.807) is 19.2 Å². The van der Waals surface area contributed by atoms with Crippen LogP contribution in [0.2, 0.25) is 0 Å². The van der Waals surface area contributed by atoms with Crippen molar-refractivity contribution in [3.63, 3.8) is 0 Å². The molecule has 0 fully saturated rings. The van der Waals surface area contributed by atoms with Crippen molar-refractivity contribution in [3.05, 3.63) is 74.8 Å². The smallest absolute Gasteiger partial charge is 0.410 e. The van der Waals surface area contributed by atoms with Crippen LogP contribution in [-0.4, -0.2) is 63.2 Å². The maximum absolute atomic E-state index is 13.4. The lowest BCUT2D eigenvalue weighted by Gasteiger charge is -2.26. The van der Waals surface area contributed by atoms with Crippen LogP contribution in [-0.2, 0) is 11.3 Å². The van der Waals surface area contributed by atoms with Gasteiger partial charge in [-0.25, -0.2) is 9.78 Å². The second-order valence-corrected chi connectivity index (χ2v) is 9.10. The zero-order chi connectivity index (χ0) is 25.0. The number of likely N-dealkylation sites (N-methyl/N-ethyl adjacent to an activating group) is 2. The van der Waals surface area contributed by atoms with Crippen LogP contribution in [0, 0.1) is 10.1 Å². The zero-order valence-corrected chi connectivity index (χ0v) is 20.0. The molecule has 0 spiro atoms. The summed E-state index contributed by atoms with van der Waals surface area (Å²) in [5.74, 6) is 0.486. The molecule has 0 N–H and O–H groups in total. The Labute approximate surface area is 197 Å². The number of fused-ring (bicyclic) bond motifs is 1. The molecule has 0 unspecified atom stereocenters. The molecule has 3 aromatic rings. The average Bonchev–Trinajstić information content (AvgIpc) is 2.76. The van der Waals surface area contributed by atoms with Crippen molar-refractivity contribution in [2.75, 3.05) is 27.2 Å². The van der Waals surface area contributed by atoms with E-state index in [9.17, 15) is 19.7 Å². The number of nitro benzene ring substituents is 1. The number of nitrogens with zero attached hydrogens (tertiary/aromatic N) is 5. The van der Waals surface area contributed by atoms with Crippen molar-refractivity contribution in [3.8, 4) is 5.69 Å². The van der Waals surface area contributed by atoms with Gasteiger partial charge in [0, 0.05) is 32.3 Å². The first-order valence-corrected chi connectivity index (χ1v) is 10.8. The predicted molar refractivity (Wildman–Crippen MR) is 129 cm³/mol. The highest BCUT2D eigenvalue weighted by Gasteiger charge is 2.21. The summed E-state index contributed by atoms with van der Waals surface area (Å²) in [7, 11) is 3.54. The number of aromatic nitrogens is 2. The minimum atomic E-state index is -0.576. The Morgan fingerprint density at radius 1 is 1.12 bits per heavy atom. The second kappa shape index (κ2) is 10.0. The first-order valence-electron chi connectivity index (χ1n) is 10.8. The molecular weight excluding hydrogens is 438 g/mol. The Balaban J connectivity index is 1.90. The third-order valence-corrected chi connectivity index (χ3v) is 5.08. The van der Waals surface area contributed by atoms with E-state index in [-0.39, 0.29) is 16.6 Å². The number of hydrogen-bond donors (Lipinski definition) is 0. The first-order chi connectivity index (χ1) is 16.0. The Kier molecular flexibility index (Phi) is 7.31. The number of rotatable bonds is 7. The van der Waals surface area contributed by atoms with Crippen molar-refractivity contribution in [1.82, 2.24) is 19.4 Å². The van der Waals surface area contributed by atoms with Gasteiger partial charge in [0.15, 0.2) is 0 Å². The molecule has 3 rings (SSSR count). The molecule has 0 bridgehead atoms. The van der Waals surface area contributed by atoms with Gasteiger partial charge in [-0.2, -0.15) is 0 Å². The molecule has 0 atom stereocenters. The SMILES string of the molecule is CN(CCN(C)C(=O)OC(C)(C)C)Cc1nc2ccc([N+](=O)[O-])cc2c(=O)n1-c1ccccc1. The molecule has 0 saturated carbocycles. The van der Waals surface area contributed by atoms with Crippen LogP contribution in [0.25, 0.3) is 16.6 Å². The van der Waals surface area contributed by atoms with Crippen LogP contribution < -0.4 is 5.56 Å². The van der Waals surface area contributed by atoms with E-state index in [1.165, 1.54) is 27.7 Å². The summed E-state index contributed by atoms with van der Waals surface area (Å²) in [6.45, 7) is 6.69. The van der Waals surface area contributed by atoms with Gasteiger partial charge in [-0.3, -0.25) is 24.4 Å². The monoisotopic (exact) mass is 467 g/mol. The van der Waals surface area contributed by atoms with E-state index in [4.69, 9.17) is 4.74 Å². The van der Waals surface area contributed by atoms with Crippen LogP contribution in [0.5, 0.6) is 0 Å². The summed E-state index contributed by atoms with van der Waals surface area (Å²) in [6.07, 6.45) is -0.410. The Morgan fingerprint density at radius 3 is 2.41 bits per heavy atom. The van der Waals surface area contributed by atoms with E-state index < -0.39 is 16.6 Å². The van der Waals surface area contributed by atoms with E-state index in [0.717, 1.165) is 0 Å². The number of nitro groups is 1. The van der Waals surface area contributed by atoms with E-state index in [0.29, 0.717) is 36.7 Å². The first kappa shape index (κ1) is 24.8. The fourth-order valence-electron chi connectivity index (χ4n) is 3.35. The van der Waals surface area contributed by atoms with Gasteiger partial charge in [0.05, 0.1) is 28.1 Å². The molecule has 1 aromatic heterocycles. The van der Waals surface area contributed by atoms with Crippen LogP contribution in [0.4, 0.5) is 10.5 Å². The standard InChI is InChI=1S/C24H29N5O5/c1-24(2,3)34-23(31)27(5)14-13-26(4)16-21-25-20-12-11-18(29(32)33)15-19(20)22(30)28(21)17-9-7-6-8-10-17/h6-12,15H,13-14,16H2,1-5H3. The van der Waals surface area contributed by atoms with Crippen LogP contribution >= 0.6 is 0 Å². The van der Waals surface area contributed by atoms with Gasteiger partial charge in [-0.05, 0) is 46.0 Å². The summed E-state index contributed by atoms with van der Waals surface area (Å²) in [5, 5.41) is 11.4. The van der Waals surface area contributed by atoms with Gasteiger partial charge < -0.3 is 9.64 Å². The van der Waals surface area contributed by atoms with Crippen molar-refractivity contribution in [1.29, 1.82) is 0 Å². The number of non-ortho nitro benzene ring substituents is 1. The van der Waals surface area contributed by atoms with Gasteiger partial charge >= 0.3 is 6.09 Å². The topological polar surface area (TPSA) is 111 Å². The normalized spacial score (nSPS) is 11.6. The molecule has 2 aromatic carbocycles. The maximum Gasteiger partial charge on any atom is 0.410 e. The highest BCUT2D eigenvalue weighted by Crippen LogP contribution is 2.19. The molecule has 0 aliphatic heterocycles. The van der Waals surface area contributed by atoms with Gasteiger partial charge in [0.2, 0.25) is 0 Å². The van der Waals surface area contributed by atoms with Crippen LogP contribution in [0.15, 0.2) is 53.3 Å². The number of para-hydroxylation sites is 1. The average molecular weight is 468 g/mol. The number of amides is 1. The number of carbonyl (C=O) groups is 1. The third-order valence-electron chi connectivity index (χ3n) is 5.08. The molecular formula is C24H29N5O5. The van der Waals surface area contributed by atoms with Crippen molar-refractivity contribution in [2.45, 2.75) is 32.9 Å². The summed E-state index contributed by atoms with van der Waals surface area (Å²) in [5.41, 5.74) is -0.123. The molecule has 0 aliphatic carbocycles. The van der Waals surface area contributed by atoms with Gasteiger partial charge in [0.25, 0.3) is 11.2 Å². The van der Waals surface area contributed by atoms with E-state index in [1.807, 2.05) is 50.9 Å². The largest absolute Gasteiger partial charge is 0.444 e. The molecule has 0 aliphatic rings. The molecule has 0 saturated heterocycles. The molecule has 0 radical (unpaired) electrons. The quantitative estimate of drug-likeness (QED) is 0.386. The Bertz CT molecular complexity index is 1250. The highest BCUT2D eigenvalue weighted by atomic mass is 16.6. The van der Waals surface area contributed by atoms with Crippen molar-refractivity contribution in [2.24, 2.45) is 0 Å². The molecule has 34 heavy (non-hydrogen) atoms. The Morgan fingerprint density at radius 2 is 1.79 bits per heavy atom. The van der Waals surface area contributed by atoms with Gasteiger partial charge in [-0.15, -0.1) is 0 Å². The van der Waals surface area contributed by atoms with Crippen LogP contribution in [0.3, 0.4) is 0 Å². The number of hydrogen-bond acceptors (Lipinski definition) is 7. The minimum absolute atomic E-state index is 0.166. The van der Waals surface area contributed by atoms with E-state index >= 15 is 0 Å². The fourth-order valence-corrected chi connectivity index (χ4v) is 3.35. The van der Waals surface area contributed by atoms with Gasteiger partial charge in [0.1, 0.15) is 11.4 Å². The molecule has 10 nitrogen and oxygen atoms in total. The molecule has 1 amide bonds. The summed E-state index contributed by atoms with van der Waals surface area (Å²) in [6, 6.07) is 13.1. The summed E-state index contributed by atoms with van der Waals surface area (Å²) < 4.78 is 6.85. The van der Waals surface area contributed by atoms with Crippen LogP contribution in [0.1, 0.15) is 26.6 Å². The number of benzene rings is 2. The number of carbonyl (C=O) groups excluding carboxylic acids is 1. The maximum atomic E-state index is 13.4. The fraction of sp³-hybridized carbons (Fsp3) is 0.375. The number of ether oxygens (including phenoxy) is 1. The molecule has 10 heteroatoms. The lowest BCUT2D eigenvalue weighted by Crippen LogP contribution is -2.38. The summed E-state index contributed by atoms with van der Waals surface area (Å²) >= 11 is 0. The van der Waals surface area contributed by atoms with E-state index in [2.05, 4.69) is 4.98 Å². The third kappa shape index (κ3) is 5.96.